The van der Waals surface area contributed by atoms with E-state index in [2.05, 4.69) is 29.1 Å². The SMILES string of the molecule is CN[C@H]1CC[C@H](Oc2ncnc3sc(C)c(C)c23)CC1. The van der Waals surface area contributed by atoms with Gasteiger partial charge in [-0.15, -0.1) is 11.3 Å². The topological polar surface area (TPSA) is 47.0 Å². The number of nitrogens with one attached hydrogen (secondary N) is 1. The van der Waals surface area contributed by atoms with E-state index in [1.165, 1.54) is 23.3 Å². The van der Waals surface area contributed by atoms with Crippen molar-refractivity contribution in [1.29, 1.82) is 0 Å². The Morgan fingerprint density at radius 2 is 1.95 bits per heavy atom. The fourth-order valence-electron chi connectivity index (χ4n) is 2.87. The first-order valence-electron chi connectivity index (χ1n) is 7.23. The number of nitrogens with zero attached hydrogens (tertiary/aromatic N) is 2. The lowest BCUT2D eigenvalue weighted by molar-refractivity contribution is 0.138. The third-order valence-corrected chi connectivity index (χ3v) is 5.41. The molecule has 1 N–H and O–H groups in total. The zero-order valence-corrected chi connectivity index (χ0v) is 13.1. The van der Waals surface area contributed by atoms with Gasteiger partial charge in [-0.3, -0.25) is 0 Å². The van der Waals surface area contributed by atoms with Crippen LogP contribution in [-0.4, -0.2) is 29.2 Å². The Morgan fingerprint density at radius 3 is 2.65 bits per heavy atom. The van der Waals surface area contributed by atoms with Gasteiger partial charge in [-0.2, -0.15) is 0 Å². The first-order valence-corrected chi connectivity index (χ1v) is 8.05. The zero-order valence-electron chi connectivity index (χ0n) is 12.3. The van der Waals surface area contributed by atoms with Gasteiger partial charge in [0.25, 0.3) is 0 Å². The van der Waals surface area contributed by atoms with Gasteiger partial charge in [-0.05, 0) is 52.1 Å². The molecule has 1 saturated carbocycles. The van der Waals surface area contributed by atoms with Crippen LogP contribution in [0.4, 0.5) is 0 Å². The van der Waals surface area contributed by atoms with Crippen molar-refractivity contribution in [3.63, 3.8) is 0 Å². The lowest BCUT2D eigenvalue weighted by atomic mass is 9.93. The maximum Gasteiger partial charge on any atom is 0.225 e. The molecule has 3 rings (SSSR count). The van der Waals surface area contributed by atoms with Gasteiger partial charge in [0, 0.05) is 10.9 Å². The Hall–Kier alpha value is -1.20. The molecule has 1 aliphatic rings. The average Bonchev–Trinajstić information content (AvgIpc) is 2.76. The number of aryl methyl sites for hydroxylation is 2. The Kier molecular flexibility index (Phi) is 3.89. The molecule has 2 aromatic heterocycles. The van der Waals surface area contributed by atoms with Crippen molar-refractivity contribution in [2.45, 2.75) is 51.7 Å². The second-order valence-electron chi connectivity index (χ2n) is 5.52. The lowest BCUT2D eigenvalue weighted by Gasteiger charge is -2.28. The van der Waals surface area contributed by atoms with E-state index < -0.39 is 0 Å². The highest BCUT2D eigenvalue weighted by atomic mass is 32.1. The van der Waals surface area contributed by atoms with E-state index in [4.69, 9.17) is 4.74 Å². The monoisotopic (exact) mass is 291 g/mol. The number of ether oxygens (including phenoxy) is 1. The van der Waals surface area contributed by atoms with Crippen molar-refractivity contribution < 1.29 is 4.74 Å². The highest BCUT2D eigenvalue weighted by Gasteiger charge is 2.23. The van der Waals surface area contributed by atoms with E-state index >= 15 is 0 Å². The van der Waals surface area contributed by atoms with Crippen molar-refractivity contribution in [2.75, 3.05) is 7.05 Å². The van der Waals surface area contributed by atoms with Gasteiger partial charge in [0.05, 0.1) is 5.39 Å². The molecular weight excluding hydrogens is 270 g/mol. The molecule has 0 amide bonds. The Bertz CT molecular complexity index is 602. The van der Waals surface area contributed by atoms with Crippen LogP contribution in [0.1, 0.15) is 36.1 Å². The molecule has 5 heteroatoms. The summed E-state index contributed by atoms with van der Waals surface area (Å²) < 4.78 is 6.18. The first kappa shape index (κ1) is 13.8. The second kappa shape index (κ2) is 5.66. The van der Waals surface area contributed by atoms with Gasteiger partial charge in [-0.1, -0.05) is 0 Å². The van der Waals surface area contributed by atoms with E-state index in [9.17, 15) is 0 Å². The van der Waals surface area contributed by atoms with Crippen LogP contribution in [0.5, 0.6) is 5.88 Å². The van der Waals surface area contributed by atoms with Crippen LogP contribution in [0.25, 0.3) is 10.2 Å². The molecule has 0 aliphatic heterocycles. The van der Waals surface area contributed by atoms with Crippen LogP contribution >= 0.6 is 11.3 Å². The number of hydrogen-bond acceptors (Lipinski definition) is 5. The normalized spacial score (nSPS) is 23.1. The molecule has 0 spiro atoms. The summed E-state index contributed by atoms with van der Waals surface area (Å²) in [7, 11) is 2.04. The van der Waals surface area contributed by atoms with Gasteiger partial charge < -0.3 is 10.1 Å². The van der Waals surface area contributed by atoms with Crippen molar-refractivity contribution in [1.82, 2.24) is 15.3 Å². The minimum Gasteiger partial charge on any atom is -0.474 e. The quantitative estimate of drug-likeness (QED) is 0.943. The number of hydrogen-bond donors (Lipinski definition) is 1. The third-order valence-electron chi connectivity index (χ3n) is 4.29. The highest BCUT2D eigenvalue weighted by Crippen LogP contribution is 2.35. The molecule has 2 aromatic rings. The molecule has 0 saturated heterocycles. The Balaban J connectivity index is 1.81. The van der Waals surface area contributed by atoms with Crippen molar-refractivity contribution in [3.05, 3.63) is 16.8 Å². The van der Waals surface area contributed by atoms with Crippen LogP contribution in [0.15, 0.2) is 6.33 Å². The fourth-order valence-corrected chi connectivity index (χ4v) is 3.85. The van der Waals surface area contributed by atoms with Crippen LogP contribution in [0.2, 0.25) is 0 Å². The molecule has 0 aromatic carbocycles. The summed E-state index contributed by atoms with van der Waals surface area (Å²) in [6, 6.07) is 0.644. The maximum atomic E-state index is 6.18. The van der Waals surface area contributed by atoms with E-state index in [0.717, 1.165) is 28.9 Å². The summed E-state index contributed by atoms with van der Waals surface area (Å²) in [6.45, 7) is 4.26. The van der Waals surface area contributed by atoms with E-state index in [1.54, 1.807) is 17.7 Å². The molecule has 0 unspecified atom stereocenters. The minimum atomic E-state index is 0.289. The smallest absolute Gasteiger partial charge is 0.225 e. The largest absolute Gasteiger partial charge is 0.474 e. The number of rotatable bonds is 3. The van der Waals surface area contributed by atoms with Gasteiger partial charge in [0.1, 0.15) is 17.3 Å². The van der Waals surface area contributed by atoms with Crippen LogP contribution in [0.3, 0.4) is 0 Å². The van der Waals surface area contributed by atoms with E-state index in [0.29, 0.717) is 6.04 Å². The summed E-state index contributed by atoms with van der Waals surface area (Å²) >= 11 is 1.72. The predicted molar refractivity (Wildman–Crippen MR) is 82.6 cm³/mol. The highest BCUT2D eigenvalue weighted by molar-refractivity contribution is 7.18. The van der Waals surface area contributed by atoms with E-state index in [1.807, 2.05) is 7.05 Å². The molecule has 1 fully saturated rings. The maximum absolute atomic E-state index is 6.18. The Labute approximate surface area is 123 Å². The third kappa shape index (κ3) is 2.52. The van der Waals surface area contributed by atoms with Gasteiger partial charge in [-0.25, -0.2) is 9.97 Å². The summed E-state index contributed by atoms with van der Waals surface area (Å²) in [5, 5.41) is 4.45. The second-order valence-corrected chi connectivity index (χ2v) is 6.73. The van der Waals surface area contributed by atoms with Crippen LogP contribution in [-0.2, 0) is 0 Å². The van der Waals surface area contributed by atoms with Crippen molar-refractivity contribution in [2.24, 2.45) is 0 Å². The Morgan fingerprint density at radius 1 is 1.20 bits per heavy atom. The van der Waals surface area contributed by atoms with E-state index in [-0.39, 0.29) is 6.10 Å². The number of aromatic nitrogens is 2. The first-order chi connectivity index (χ1) is 9.69. The molecule has 4 nitrogen and oxygen atoms in total. The van der Waals surface area contributed by atoms with Gasteiger partial charge >= 0.3 is 0 Å². The van der Waals surface area contributed by atoms with Crippen LogP contribution in [0, 0.1) is 13.8 Å². The molecule has 0 bridgehead atoms. The summed E-state index contributed by atoms with van der Waals surface area (Å²) in [5.41, 5.74) is 1.25. The molecule has 0 radical (unpaired) electrons. The van der Waals surface area contributed by atoms with Crippen LogP contribution < -0.4 is 10.1 Å². The standard InChI is InChI=1S/C15H21N3OS/c1-9-10(2)20-15-13(9)14(17-8-18-15)19-12-6-4-11(16-3)5-7-12/h8,11-12,16H,4-7H2,1-3H3/t11-,12-. The lowest BCUT2D eigenvalue weighted by Crippen LogP contribution is -2.34. The predicted octanol–water partition coefficient (Wildman–Crippen LogP) is 3.22. The number of thiophene rings is 1. The summed E-state index contributed by atoms with van der Waals surface area (Å²) in [4.78, 5) is 11.1. The van der Waals surface area contributed by atoms with Gasteiger partial charge in [0.2, 0.25) is 5.88 Å². The average molecular weight is 291 g/mol. The summed E-state index contributed by atoms with van der Waals surface area (Å²) in [6.07, 6.45) is 6.45. The van der Waals surface area contributed by atoms with Gasteiger partial charge in [0.15, 0.2) is 0 Å². The zero-order chi connectivity index (χ0) is 14.1. The molecular formula is C15H21N3OS. The number of fused-ring (bicyclic) bond motifs is 1. The molecule has 0 atom stereocenters. The fraction of sp³-hybridized carbons (Fsp3) is 0.600. The summed E-state index contributed by atoms with van der Waals surface area (Å²) in [5.74, 6) is 0.768. The van der Waals surface area contributed by atoms with Crippen molar-refractivity contribution in [3.8, 4) is 5.88 Å². The molecule has 1 aliphatic carbocycles. The van der Waals surface area contributed by atoms with Crippen molar-refractivity contribution >= 4 is 21.6 Å². The molecule has 20 heavy (non-hydrogen) atoms. The molecule has 2 heterocycles. The molecule has 108 valence electrons. The minimum absolute atomic E-state index is 0.289.